The Kier molecular flexibility index (Phi) is 5.12. The molecule has 1 aromatic carbocycles. The molecule has 1 atom stereocenters. The summed E-state index contributed by atoms with van der Waals surface area (Å²) in [4.78, 5) is 13.7. The molecule has 1 aliphatic rings. The second-order valence-corrected chi connectivity index (χ2v) is 5.84. The topological polar surface area (TPSA) is 32.3 Å². The van der Waals surface area contributed by atoms with Crippen molar-refractivity contribution in [3.63, 3.8) is 0 Å². The smallest absolute Gasteiger partial charge is 0.318 e. The van der Waals surface area contributed by atoms with Gasteiger partial charge in [-0.05, 0) is 35.0 Å². The predicted octanol–water partition coefficient (Wildman–Crippen LogP) is 3.62. The van der Waals surface area contributed by atoms with Gasteiger partial charge in [-0.2, -0.15) is 0 Å². The van der Waals surface area contributed by atoms with Crippen molar-refractivity contribution in [1.82, 2.24) is 10.2 Å². The van der Waals surface area contributed by atoms with Gasteiger partial charge in [-0.3, -0.25) is 0 Å². The summed E-state index contributed by atoms with van der Waals surface area (Å²) >= 11 is 8.42. The van der Waals surface area contributed by atoms with E-state index < -0.39 is 0 Å². The number of alkyl halides is 1. The fourth-order valence-electron chi connectivity index (χ4n) is 2.27. The molecule has 1 saturated heterocycles. The minimum Gasteiger partial charge on any atom is -0.336 e. The van der Waals surface area contributed by atoms with Gasteiger partial charge in [0.2, 0.25) is 0 Å². The van der Waals surface area contributed by atoms with Crippen LogP contribution in [0.15, 0.2) is 24.3 Å². The molecule has 3 nitrogen and oxygen atoms in total. The average Bonchev–Trinajstić information content (AvgIpc) is 2.77. The summed E-state index contributed by atoms with van der Waals surface area (Å²) in [6, 6.07) is 8.00. The van der Waals surface area contributed by atoms with Gasteiger partial charge in [-0.25, -0.2) is 4.79 Å². The minimum atomic E-state index is 0.0356. The molecule has 0 saturated carbocycles. The second-order valence-electron chi connectivity index (χ2n) is 4.33. The van der Waals surface area contributed by atoms with E-state index in [9.17, 15) is 4.79 Å². The van der Waals surface area contributed by atoms with Gasteiger partial charge in [0.15, 0.2) is 0 Å². The first kappa shape index (κ1) is 13.9. The summed E-state index contributed by atoms with van der Waals surface area (Å²) in [7, 11) is 0. The summed E-state index contributed by atoms with van der Waals surface area (Å²) < 4.78 is 1.10. The van der Waals surface area contributed by atoms with Gasteiger partial charge in [-0.15, -0.1) is 0 Å². The van der Waals surface area contributed by atoms with Crippen LogP contribution in [0.4, 0.5) is 4.79 Å². The molecule has 1 unspecified atom stereocenters. The van der Waals surface area contributed by atoms with E-state index in [2.05, 4.69) is 34.0 Å². The third kappa shape index (κ3) is 3.29. The lowest BCUT2D eigenvalue weighted by Crippen LogP contribution is -2.32. The van der Waals surface area contributed by atoms with E-state index in [1.54, 1.807) is 0 Å². The summed E-state index contributed by atoms with van der Waals surface area (Å²) in [5, 5.41) is 3.59. The predicted molar refractivity (Wildman–Crippen MR) is 82.4 cm³/mol. The molecule has 0 aromatic heterocycles. The van der Waals surface area contributed by atoms with Gasteiger partial charge < -0.3 is 10.2 Å². The number of urea groups is 1. The first-order valence-electron chi connectivity index (χ1n) is 6.08. The molecule has 98 valence electrons. The van der Waals surface area contributed by atoms with Crippen LogP contribution in [0.1, 0.15) is 24.4 Å². The average molecular weight is 379 g/mol. The van der Waals surface area contributed by atoms with Crippen LogP contribution in [-0.4, -0.2) is 28.4 Å². The van der Waals surface area contributed by atoms with Crippen molar-refractivity contribution >= 4 is 40.2 Å². The number of carbonyl (C=O) groups excluding carboxylic acids is 1. The van der Waals surface area contributed by atoms with E-state index in [0.717, 1.165) is 40.9 Å². The van der Waals surface area contributed by atoms with Gasteiger partial charge in [0.1, 0.15) is 0 Å². The number of benzene rings is 1. The maximum absolute atomic E-state index is 11.8. The molecule has 1 aliphatic heterocycles. The van der Waals surface area contributed by atoms with Crippen LogP contribution >= 0.6 is 34.2 Å². The molecule has 0 radical (unpaired) electrons. The van der Waals surface area contributed by atoms with E-state index >= 15 is 0 Å². The Morgan fingerprint density at radius 3 is 2.94 bits per heavy atom. The normalized spacial score (nSPS) is 16.8. The Morgan fingerprint density at radius 2 is 2.33 bits per heavy atom. The lowest BCUT2D eigenvalue weighted by Gasteiger charge is -2.27. The molecule has 0 spiro atoms. The van der Waals surface area contributed by atoms with Gasteiger partial charge in [-0.1, -0.05) is 46.3 Å². The van der Waals surface area contributed by atoms with Crippen molar-refractivity contribution in [3.05, 3.63) is 34.9 Å². The van der Waals surface area contributed by atoms with Crippen molar-refractivity contribution in [2.45, 2.75) is 18.9 Å². The Bertz CT molecular complexity index is 427. The lowest BCUT2D eigenvalue weighted by atomic mass is 10.0. The molecule has 2 amide bonds. The number of hydrogen-bond acceptors (Lipinski definition) is 1. The molecule has 1 fully saturated rings. The number of rotatable bonds is 5. The quantitative estimate of drug-likeness (QED) is 0.616. The van der Waals surface area contributed by atoms with Crippen LogP contribution in [-0.2, 0) is 0 Å². The standard InChI is InChI=1S/C13H16ClIN2O/c14-11-4-1-3-10(9-11)12(5-2-6-15)17-8-7-16-13(17)18/h1,3-4,9,12H,2,5-8H2,(H,16,18). The highest BCUT2D eigenvalue weighted by Crippen LogP contribution is 2.29. The summed E-state index contributed by atoms with van der Waals surface area (Å²) in [6.45, 7) is 1.51. The van der Waals surface area contributed by atoms with Crippen LogP contribution in [0.2, 0.25) is 5.02 Å². The highest BCUT2D eigenvalue weighted by atomic mass is 127. The largest absolute Gasteiger partial charge is 0.336 e. The summed E-state index contributed by atoms with van der Waals surface area (Å²) in [5.41, 5.74) is 1.13. The summed E-state index contributed by atoms with van der Waals surface area (Å²) in [5.74, 6) is 0. The molecule has 18 heavy (non-hydrogen) atoms. The number of carbonyl (C=O) groups is 1. The fraction of sp³-hybridized carbons (Fsp3) is 0.462. The number of amides is 2. The molecule has 1 aromatic rings. The zero-order valence-electron chi connectivity index (χ0n) is 10.0. The first-order valence-corrected chi connectivity index (χ1v) is 7.98. The Labute approximate surface area is 126 Å². The van der Waals surface area contributed by atoms with Crippen molar-refractivity contribution in [2.24, 2.45) is 0 Å². The maximum atomic E-state index is 11.8. The van der Waals surface area contributed by atoms with Crippen LogP contribution < -0.4 is 5.32 Å². The van der Waals surface area contributed by atoms with Crippen molar-refractivity contribution in [1.29, 1.82) is 0 Å². The number of hydrogen-bond donors (Lipinski definition) is 1. The van der Waals surface area contributed by atoms with E-state index in [-0.39, 0.29) is 12.1 Å². The van der Waals surface area contributed by atoms with E-state index in [1.165, 1.54) is 0 Å². The van der Waals surface area contributed by atoms with Crippen LogP contribution in [0.25, 0.3) is 0 Å². The SMILES string of the molecule is O=C1NCCN1C(CCCI)c1cccc(Cl)c1. The maximum Gasteiger partial charge on any atom is 0.318 e. The fourth-order valence-corrected chi connectivity index (χ4v) is 2.91. The van der Waals surface area contributed by atoms with Gasteiger partial charge in [0.05, 0.1) is 6.04 Å². The third-order valence-electron chi connectivity index (χ3n) is 3.11. The molecular formula is C13H16ClIN2O. The molecule has 5 heteroatoms. The van der Waals surface area contributed by atoms with Crippen molar-refractivity contribution < 1.29 is 4.79 Å². The monoisotopic (exact) mass is 378 g/mol. The van der Waals surface area contributed by atoms with Gasteiger partial charge in [0.25, 0.3) is 0 Å². The Morgan fingerprint density at radius 1 is 1.50 bits per heavy atom. The first-order chi connectivity index (χ1) is 8.72. The Balaban J connectivity index is 2.21. The number of nitrogens with zero attached hydrogens (tertiary/aromatic N) is 1. The lowest BCUT2D eigenvalue weighted by molar-refractivity contribution is 0.194. The molecule has 2 rings (SSSR count). The second kappa shape index (κ2) is 6.61. The number of halogens is 2. The van der Waals surface area contributed by atoms with Crippen LogP contribution in [0.5, 0.6) is 0 Å². The minimum absolute atomic E-state index is 0.0356. The molecule has 0 bridgehead atoms. The highest BCUT2D eigenvalue weighted by molar-refractivity contribution is 14.1. The Hall–Kier alpha value is -0.490. The van der Waals surface area contributed by atoms with Gasteiger partial charge in [0, 0.05) is 18.1 Å². The zero-order valence-corrected chi connectivity index (χ0v) is 12.9. The van der Waals surface area contributed by atoms with Crippen molar-refractivity contribution in [2.75, 3.05) is 17.5 Å². The van der Waals surface area contributed by atoms with E-state index in [4.69, 9.17) is 11.6 Å². The molecule has 1 heterocycles. The van der Waals surface area contributed by atoms with E-state index in [1.807, 2.05) is 23.1 Å². The van der Waals surface area contributed by atoms with Crippen LogP contribution in [0, 0.1) is 0 Å². The van der Waals surface area contributed by atoms with Crippen LogP contribution in [0.3, 0.4) is 0 Å². The highest BCUT2D eigenvalue weighted by Gasteiger charge is 2.28. The summed E-state index contributed by atoms with van der Waals surface area (Å²) in [6.07, 6.45) is 2.08. The molecule has 0 aliphatic carbocycles. The van der Waals surface area contributed by atoms with Gasteiger partial charge >= 0.3 is 6.03 Å². The molecular weight excluding hydrogens is 363 g/mol. The molecule has 1 N–H and O–H groups in total. The zero-order chi connectivity index (χ0) is 13.0. The third-order valence-corrected chi connectivity index (χ3v) is 4.11. The van der Waals surface area contributed by atoms with Crippen molar-refractivity contribution in [3.8, 4) is 0 Å². The number of nitrogens with one attached hydrogen (secondary N) is 1. The van der Waals surface area contributed by atoms with E-state index in [0.29, 0.717) is 0 Å².